The molecule has 2 atom stereocenters. The molecule has 0 spiro atoms. The number of anilines is 1. The van der Waals surface area contributed by atoms with Gasteiger partial charge >= 0.3 is 0 Å². The van der Waals surface area contributed by atoms with E-state index in [4.69, 9.17) is 25.2 Å². The minimum atomic E-state index is -0.644. The number of rotatable bonds is 13. The second-order valence-corrected chi connectivity index (χ2v) is 14.2. The predicted molar refractivity (Wildman–Crippen MR) is 206 cm³/mol. The molecule has 0 bridgehead atoms. The number of nitrogens with two attached hydrogens (primary N) is 1. The summed E-state index contributed by atoms with van der Waals surface area (Å²) in [6.45, 7) is 9.29. The summed E-state index contributed by atoms with van der Waals surface area (Å²) in [4.78, 5) is 49.2. The first-order chi connectivity index (χ1) is 26.1. The maximum Gasteiger partial charge on any atom is 0.262 e. The number of ether oxygens (including phenoxy) is 2. The number of unbranched alkanes of at least 4 members (excludes halogenated alkanes) is 1. The topological polar surface area (TPSA) is 154 Å². The smallest absolute Gasteiger partial charge is 0.262 e. The molecule has 6 aromatic rings. The number of nitrogens with one attached hydrogen (secondary N) is 1. The Hall–Kier alpha value is -5.66. The van der Waals surface area contributed by atoms with E-state index >= 15 is 0 Å². The summed E-state index contributed by atoms with van der Waals surface area (Å²) < 4.78 is 15.3. The third-order valence-electron chi connectivity index (χ3n) is 10.3. The standard InChI is InChI=1S/C41H47N9O4/c1-26-21-27(2)48-18-15-33(38(48)45-26)40(52)50(30-10-12-31(13-11-30)54-20-7-6-17-42)28(3)36-22-29(24-53-5)46-37-32(14-19-49(36)37)39(51)47-41(4)16-8-9-35-34(41)23-43-25-44-35/h10-15,18-19,21-23,25,28H,6-9,16-17,20,24,42H2,1-5H3,(H,47,51). The summed E-state index contributed by atoms with van der Waals surface area (Å²) >= 11 is 0. The molecule has 0 saturated carbocycles. The number of carbonyl (C=O) groups excluding carboxylic acids is 2. The number of fused-ring (bicyclic) bond motifs is 3. The first kappa shape index (κ1) is 36.7. The van der Waals surface area contributed by atoms with Gasteiger partial charge in [0.05, 0.1) is 41.6 Å². The molecule has 0 aliphatic heterocycles. The summed E-state index contributed by atoms with van der Waals surface area (Å²) in [7, 11) is 1.61. The summed E-state index contributed by atoms with van der Waals surface area (Å²) in [5.74, 6) is 0.215. The van der Waals surface area contributed by atoms with E-state index in [1.165, 1.54) is 0 Å². The van der Waals surface area contributed by atoms with Crippen molar-refractivity contribution < 1.29 is 19.1 Å². The number of hydrogen-bond donors (Lipinski definition) is 2. The quantitative estimate of drug-likeness (QED) is 0.135. The van der Waals surface area contributed by atoms with E-state index in [1.807, 2.05) is 91.4 Å². The molecular weight excluding hydrogens is 683 g/mol. The molecule has 54 heavy (non-hydrogen) atoms. The van der Waals surface area contributed by atoms with Crippen LogP contribution < -0.4 is 20.7 Å². The van der Waals surface area contributed by atoms with Gasteiger partial charge in [-0.15, -0.1) is 0 Å². The molecule has 2 unspecified atom stereocenters. The maximum atomic E-state index is 14.9. The van der Waals surface area contributed by atoms with Gasteiger partial charge in [-0.2, -0.15) is 0 Å². The maximum absolute atomic E-state index is 14.9. The van der Waals surface area contributed by atoms with E-state index in [0.717, 1.165) is 60.4 Å². The Morgan fingerprint density at radius 3 is 2.56 bits per heavy atom. The van der Waals surface area contributed by atoms with Gasteiger partial charge in [-0.1, -0.05) is 0 Å². The van der Waals surface area contributed by atoms with Crippen molar-refractivity contribution in [2.24, 2.45) is 5.73 Å². The Labute approximate surface area is 314 Å². The number of aryl methyl sites for hydroxylation is 3. The summed E-state index contributed by atoms with van der Waals surface area (Å²) in [6.07, 6.45) is 11.3. The largest absolute Gasteiger partial charge is 0.494 e. The van der Waals surface area contributed by atoms with Crippen LogP contribution in [0.15, 0.2) is 73.4 Å². The van der Waals surface area contributed by atoms with Gasteiger partial charge in [0.15, 0.2) is 0 Å². The molecule has 7 rings (SSSR count). The highest BCUT2D eigenvalue weighted by Gasteiger charge is 2.36. The normalized spacial score (nSPS) is 16.0. The van der Waals surface area contributed by atoms with Crippen molar-refractivity contribution in [3.05, 3.63) is 119 Å². The zero-order valence-corrected chi connectivity index (χ0v) is 31.5. The molecular formula is C41H47N9O4. The van der Waals surface area contributed by atoms with Gasteiger partial charge in [-0.05, 0) is 115 Å². The second kappa shape index (κ2) is 15.4. The number of benzene rings is 1. The van der Waals surface area contributed by atoms with Crippen molar-refractivity contribution in [2.45, 2.75) is 78.0 Å². The fourth-order valence-electron chi connectivity index (χ4n) is 7.56. The Bertz CT molecular complexity index is 2320. The van der Waals surface area contributed by atoms with E-state index in [0.29, 0.717) is 52.7 Å². The van der Waals surface area contributed by atoms with Crippen LogP contribution in [0.3, 0.4) is 0 Å². The minimum Gasteiger partial charge on any atom is -0.494 e. The van der Waals surface area contributed by atoms with Crippen LogP contribution >= 0.6 is 0 Å². The van der Waals surface area contributed by atoms with Gasteiger partial charge in [-0.25, -0.2) is 19.9 Å². The molecule has 3 N–H and O–H groups in total. The highest BCUT2D eigenvalue weighted by atomic mass is 16.5. The fraction of sp³-hybridized carbons (Fsp3) is 0.366. The number of aromatic nitrogens is 6. The molecule has 1 aliphatic rings. The highest BCUT2D eigenvalue weighted by Crippen LogP contribution is 2.35. The predicted octanol–water partition coefficient (Wildman–Crippen LogP) is 6.04. The van der Waals surface area contributed by atoms with E-state index in [-0.39, 0.29) is 18.4 Å². The van der Waals surface area contributed by atoms with Crippen LogP contribution in [0.1, 0.15) is 100 Å². The SMILES string of the molecule is COCc1cc(C(C)N(C(=O)c2ccn3c(C)cc(C)nc23)c2ccc(OCCCCN)cc2)n2ccc(C(=O)NC3(C)CCCc4ncncc43)c2n1. The van der Waals surface area contributed by atoms with E-state index < -0.39 is 11.6 Å². The Morgan fingerprint density at radius 1 is 1.02 bits per heavy atom. The lowest BCUT2D eigenvalue weighted by atomic mass is 9.80. The summed E-state index contributed by atoms with van der Waals surface area (Å²) in [6, 6.07) is 14.5. The zero-order chi connectivity index (χ0) is 38.0. The molecule has 5 heterocycles. The number of hydrogen-bond acceptors (Lipinski definition) is 9. The number of methoxy groups -OCH3 is 1. The van der Waals surface area contributed by atoms with Crippen molar-refractivity contribution in [3.63, 3.8) is 0 Å². The first-order valence-corrected chi connectivity index (χ1v) is 18.5. The van der Waals surface area contributed by atoms with Crippen LogP contribution in [0, 0.1) is 13.8 Å². The average molecular weight is 730 g/mol. The summed E-state index contributed by atoms with van der Waals surface area (Å²) in [5.41, 5.74) is 12.6. The van der Waals surface area contributed by atoms with Crippen LogP contribution in [0.25, 0.3) is 11.3 Å². The van der Waals surface area contributed by atoms with E-state index in [9.17, 15) is 9.59 Å². The van der Waals surface area contributed by atoms with Crippen molar-refractivity contribution in [2.75, 3.05) is 25.2 Å². The van der Waals surface area contributed by atoms with Crippen LogP contribution in [0.2, 0.25) is 0 Å². The summed E-state index contributed by atoms with van der Waals surface area (Å²) in [5, 5.41) is 3.29. The van der Waals surface area contributed by atoms with Gasteiger partial charge in [-0.3, -0.25) is 14.5 Å². The van der Waals surface area contributed by atoms with E-state index in [2.05, 4.69) is 15.3 Å². The van der Waals surface area contributed by atoms with Gasteiger partial charge in [0.2, 0.25) is 0 Å². The zero-order valence-electron chi connectivity index (χ0n) is 31.5. The molecule has 1 aromatic carbocycles. The third-order valence-corrected chi connectivity index (χ3v) is 10.3. The van der Waals surface area contributed by atoms with Crippen LogP contribution in [-0.2, 0) is 23.3 Å². The Morgan fingerprint density at radius 2 is 1.78 bits per heavy atom. The molecule has 1 aliphatic carbocycles. The number of amides is 2. The van der Waals surface area contributed by atoms with E-state index in [1.54, 1.807) is 30.6 Å². The van der Waals surface area contributed by atoms with Gasteiger partial charge in [0, 0.05) is 59.7 Å². The van der Waals surface area contributed by atoms with Gasteiger partial charge in [0.25, 0.3) is 11.8 Å². The Kier molecular flexibility index (Phi) is 10.4. The lowest BCUT2D eigenvalue weighted by Gasteiger charge is -2.35. The average Bonchev–Trinajstić information content (AvgIpc) is 3.79. The van der Waals surface area contributed by atoms with Crippen molar-refractivity contribution in [1.29, 1.82) is 0 Å². The highest BCUT2D eigenvalue weighted by molar-refractivity contribution is 6.10. The molecule has 2 amide bonds. The first-order valence-electron chi connectivity index (χ1n) is 18.5. The molecule has 13 nitrogen and oxygen atoms in total. The van der Waals surface area contributed by atoms with Crippen molar-refractivity contribution in [1.82, 2.24) is 34.1 Å². The van der Waals surface area contributed by atoms with Crippen LogP contribution in [-0.4, -0.2) is 60.8 Å². The molecule has 13 heteroatoms. The Balaban J connectivity index is 1.30. The molecule has 0 fully saturated rings. The molecule has 280 valence electrons. The van der Waals surface area contributed by atoms with Gasteiger partial charge < -0.3 is 29.3 Å². The van der Waals surface area contributed by atoms with Crippen LogP contribution in [0.5, 0.6) is 5.75 Å². The minimum absolute atomic E-state index is 0.210. The third kappa shape index (κ3) is 7.04. The monoisotopic (exact) mass is 729 g/mol. The number of nitrogens with zero attached hydrogens (tertiary/aromatic N) is 7. The molecule has 0 radical (unpaired) electrons. The second-order valence-electron chi connectivity index (χ2n) is 14.2. The fourth-order valence-corrected chi connectivity index (χ4v) is 7.56. The van der Waals surface area contributed by atoms with Gasteiger partial charge in [0.1, 0.15) is 23.4 Å². The van der Waals surface area contributed by atoms with Crippen molar-refractivity contribution in [3.8, 4) is 5.75 Å². The lowest BCUT2D eigenvalue weighted by Crippen LogP contribution is -2.46. The number of carbonyl (C=O) groups is 2. The van der Waals surface area contributed by atoms with Crippen molar-refractivity contribution >= 4 is 28.8 Å². The lowest BCUT2D eigenvalue weighted by molar-refractivity contribution is 0.0894. The van der Waals surface area contributed by atoms with Crippen LogP contribution in [0.4, 0.5) is 5.69 Å². The molecule has 5 aromatic heterocycles. The molecule has 0 saturated heterocycles.